The smallest absolute Gasteiger partial charge is 0.340 e. The van der Waals surface area contributed by atoms with E-state index in [9.17, 15) is 14.4 Å². The van der Waals surface area contributed by atoms with E-state index in [2.05, 4.69) is 5.32 Å². The molecule has 0 radical (unpaired) electrons. The summed E-state index contributed by atoms with van der Waals surface area (Å²) in [4.78, 5) is 38.7. The molecule has 0 aliphatic rings. The number of ketones is 1. The van der Waals surface area contributed by atoms with Crippen molar-refractivity contribution >= 4 is 34.7 Å². The first kappa shape index (κ1) is 24.6. The molecule has 3 rings (SSSR count). The van der Waals surface area contributed by atoms with Gasteiger partial charge in [0.15, 0.2) is 18.1 Å². The lowest BCUT2D eigenvalue weighted by Crippen LogP contribution is -2.18. The average molecular weight is 486 g/mol. The van der Waals surface area contributed by atoms with Crippen LogP contribution >= 0.6 is 11.3 Å². The van der Waals surface area contributed by atoms with Gasteiger partial charge in [-0.25, -0.2) is 4.79 Å². The number of methoxy groups -OCH3 is 4. The molecule has 1 amide bonds. The molecule has 0 aliphatic heterocycles. The number of rotatable bonds is 10. The third-order valence-corrected chi connectivity index (χ3v) is 5.65. The first-order chi connectivity index (χ1) is 16.4. The maximum Gasteiger partial charge on any atom is 0.340 e. The van der Waals surface area contributed by atoms with Gasteiger partial charge in [-0.3, -0.25) is 9.59 Å². The van der Waals surface area contributed by atoms with Crippen LogP contribution in [-0.4, -0.2) is 52.7 Å². The van der Waals surface area contributed by atoms with E-state index in [0.29, 0.717) is 22.1 Å². The average Bonchev–Trinajstić information content (AvgIpc) is 3.41. The van der Waals surface area contributed by atoms with E-state index in [1.165, 1.54) is 58.0 Å². The topological polar surface area (TPSA) is 109 Å². The lowest BCUT2D eigenvalue weighted by atomic mass is 10.1. The Morgan fingerprint density at radius 3 is 2.15 bits per heavy atom. The number of thiophene rings is 1. The first-order valence-corrected chi connectivity index (χ1v) is 10.8. The number of carbonyl (C=O) groups is 3. The van der Waals surface area contributed by atoms with E-state index in [0.717, 1.165) is 0 Å². The molecule has 10 heteroatoms. The minimum atomic E-state index is -0.836. The minimum absolute atomic E-state index is 0.00652. The van der Waals surface area contributed by atoms with Gasteiger partial charge in [0.2, 0.25) is 5.78 Å². The highest BCUT2D eigenvalue weighted by Gasteiger charge is 2.22. The van der Waals surface area contributed by atoms with Gasteiger partial charge in [0.1, 0.15) is 11.5 Å². The van der Waals surface area contributed by atoms with Crippen LogP contribution < -0.4 is 24.3 Å². The number of carbonyl (C=O) groups excluding carboxylic acids is 3. The van der Waals surface area contributed by atoms with Gasteiger partial charge in [-0.1, -0.05) is 6.07 Å². The molecular weight excluding hydrogens is 462 g/mol. The van der Waals surface area contributed by atoms with E-state index in [4.69, 9.17) is 23.7 Å². The molecule has 0 spiro atoms. The predicted molar refractivity (Wildman–Crippen MR) is 126 cm³/mol. The zero-order valence-corrected chi connectivity index (χ0v) is 19.8. The van der Waals surface area contributed by atoms with Crippen molar-refractivity contribution in [1.29, 1.82) is 0 Å². The number of Topliss-reactive ketones (excluding diaryl/α,β-unsaturated/α-hetero) is 1. The highest BCUT2D eigenvalue weighted by molar-refractivity contribution is 7.12. The van der Waals surface area contributed by atoms with Crippen molar-refractivity contribution in [2.75, 3.05) is 40.4 Å². The summed E-state index contributed by atoms with van der Waals surface area (Å²) in [5.74, 6) is -0.409. The molecular formula is C24H23NO8S. The molecule has 0 fully saturated rings. The standard InChI is InChI=1S/C24H23NO8S/c1-29-14-7-8-19(30-2)16(10-14)18(26)13-33-24(28)15-11-20(31-3)21(32-4)12-17(15)25-23(27)22-6-5-9-34-22/h5-12H,13H2,1-4H3,(H,25,27). The van der Waals surface area contributed by atoms with Crippen LogP contribution in [-0.2, 0) is 4.74 Å². The fraction of sp³-hybridized carbons (Fsp3) is 0.208. The number of anilines is 1. The van der Waals surface area contributed by atoms with E-state index in [1.54, 1.807) is 29.6 Å². The maximum atomic E-state index is 12.9. The van der Waals surface area contributed by atoms with Gasteiger partial charge < -0.3 is 29.0 Å². The van der Waals surface area contributed by atoms with Crippen LogP contribution in [0.4, 0.5) is 5.69 Å². The summed E-state index contributed by atoms with van der Waals surface area (Å²) in [6.07, 6.45) is 0. The molecule has 0 saturated carbocycles. The fourth-order valence-electron chi connectivity index (χ4n) is 3.06. The van der Waals surface area contributed by atoms with Gasteiger partial charge in [0.25, 0.3) is 5.91 Å². The van der Waals surface area contributed by atoms with Crippen LogP contribution in [0.1, 0.15) is 30.4 Å². The van der Waals surface area contributed by atoms with Gasteiger partial charge in [-0.15, -0.1) is 11.3 Å². The van der Waals surface area contributed by atoms with Crippen molar-refractivity contribution in [3.8, 4) is 23.0 Å². The summed E-state index contributed by atoms with van der Waals surface area (Å²) >= 11 is 1.25. The van der Waals surface area contributed by atoms with Gasteiger partial charge in [0.05, 0.1) is 50.1 Å². The van der Waals surface area contributed by atoms with Crippen LogP contribution in [0.15, 0.2) is 47.8 Å². The minimum Gasteiger partial charge on any atom is -0.497 e. The van der Waals surface area contributed by atoms with Crippen LogP contribution in [0.3, 0.4) is 0 Å². The summed E-state index contributed by atoms with van der Waals surface area (Å²) in [6, 6.07) is 10.9. The predicted octanol–water partition coefficient (Wildman–Crippen LogP) is 4.07. The molecule has 0 bridgehead atoms. The number of hydrogen-bond acceptors (Lipinski definition) is 9. The summed E-state index contributed by atoms with van der Waals surface area (Å²) in [5, 5.41) is 4.45. The molecule has 0 atom stereocenters. The Hall–Kier alpha value is -4.05. The Morgan fingerprint density at radius 2 is 1.53 bits per heavy atom. The maximum absolute atomic E-state index is 12.9. The van der Waals surface area contributed by atoms with Crippen LogP contribution in [0.5, 0.6) is 23.0 Å². The molecule has 2 aromatic carbocycles. The zero-order chi connectivity index (χ0) is 24.7. The number of benzene rings is 2. The summed E-state index contributed by atoms with van der Waals surface area (Å²) in [7, 11) is 5.74. The van der Waals surface area contributed by atoms with Crippen molar-refractivity contribution < 1.29 is 38.1 Å². The number of nitrogens with one attached hydrogen (secondary N) is 1. The molecule has 9 nitrogen and oxygen atoms in total. The SMILES string of the molecule is COc1ccc(OC)c(C(=O)COC(=O)c2cc(OC)c(OC)cc2NC(=O)c2cccs2)c1. The lowest BCUT2D eigenvalue weighted by Gasteiger charge is -2.15. The molecule has 3 aromatic rings. The van der Waals surface area contributed by atoms with Gasteiger partial charge >= 0.3 is 5.97 Å². The summed E-state index contributed by atoms with van der Waals surface area (Å²) in [6.45, 7) is -0.560. The molecule has 0 saturated heterocycles. The van der Waals surface area contributed by atoms with E-state index in [-0.39, 0.29) is 22.6 Å². The van der Waals surface area contributed by atoms with E-state index < -0.39 is 24.3 Å². The van der Waals surface area contributed by atoms with Crippen molar-refractivity contribution in [2.45, 2.75) is 0 Å². The second-order valence-corrected chi connectivity index (χ2v) is 7.70. The van der Waals surface area contributed by atoms with Crippen molar-refractivity contribution in [3.05, 3.63) is 63.8 Å². The van der Waals surface area contributed by atoms with Crippen LogP contribution in [0, 0.1) is 0 Å². The number of amides is 1. The zero-order valence-electron chi connectivity index (χ0n) is 19.0. The quantitative estimate of drug-likeness (QED) is 0.338. The molecule has 1 N–H and O–H groups in total. The fourth-order valence-corrected chi connectivity index (χ4v) is 3.68. The lowest BCUT2D eigenvalue weighted by molar-refractivity contribution is 0.0474. The van der Waals surface area contributed by atoms with Gasteiger partial charge in [-0.05, 0) is 29.6 Å². The van der Waals surface area contributed by atoms with E-state index in [1.807, 2.05) is 0 Å². The van der Waals surface area contributed by atoms with Gasteiger partial charge in [-0.2, -0.15) is 0 Å². The molecule has 0 aliphatic carbocycles. The summed E-state index contributed by atoms with van der Waals surface area (Å²) < 4.78 is 26.2. The van der Waals surface area contributed by atoms with Crippen LogP contribution in [0.25, 0.3) is 0 Å². The number of hydrogen-bond donors (Lipinski definition) is 1. The normalized spacial score (nSPS) is 10.2. The second-order valence-electron chi connectivity index (χ2n) is 6.75. The second kappa shape index (κ2) is 11.2. The Morgan fingerprint density at radius 1 is 0.824 bits per heavy atom. The molecule has 178 valence electrons. The summed E-state index contributed by atoms with van der Waals surface area (Å²) in [5.41, 5.74) is 0.341. The monoisotopic (exact) mass is 485 g/mol. The first-order valence-electron chi connectivity index (χ1n) is 9.95. The highest BCUT2D eigenvalue weighted by Crippen LogP contribution is 2.34. The van der Waals surface area contributed by atoms with Crippen molar-refractivity contribution in [3.63, 3.8) is 0 Å². The third-order valence-electron chi connectivity index (χ3n) is 4.78. The van der Waals surface area contributed by atoms with E-state index >= 15 is 0 Å². The molecule has 34 heavy (non-hydrogen) atoms. The number of esters is 1. The Balaban J connectivity index is 1.85. The molecule has 1 heterocycles. The number of ether oxygens (including phenoxy) is 5. The highest BCUT2D eigenvalue weighted by atomic mass is 32.1. The van der Waals surface area contributed by atoms with Crippen molar-refractivity contribution in [1.82, 2.24) is 0 Å². The Kier molecular flexibility index (Phi) is 8.10. The molecule has 1 aromatic heterocycles. The van der Waals surface area contributed by atoms with Gasteiger partial charge in [0, 0.05) is 12.1 Å². The Labute approximate surface area is 200 Å². The molecule has 0 unspecified atom stereocenters. The largest absolute Gasteiger partial charge is 0.497 e. The van der Waals surface area contributed by atoms with Crippen molar-refractivity contribution in [2.24, 2.45) is 0 Å². The Bertz CT molecular complexity index is 1190. The van der Waals surface area contributed by atoms with Crippen LogP contribution in [0.2, 0.25) is 0 Å². The third kappa shape index (κ3) is 5.46.